The van der Waals surface area contributed by atoms with Gasteiger partial charge in [0.25, 0.3) is 5.91 Å². The highest BCUT2D eigenvalue weighted by Gasteiger charge is 2.10. The van der Waals surface area contributed by atoms with Crippen molar-refractivity contribution in [3.8, 4) is 5.75 Å². The van der Waals surface area contributed by atoms with E-state index in [1.807, 2.05) is 38.1 Å². The molecule has 27 heavy (non-hydrogen) atoms. The molecule has 7 heteroatoms. The Kier molecular flexibility index (Phi) is 7.95. The summed E-state index contributed by atoms with van der Waals surface area (Å²) >= 11 is 6.25. The van der Waals surface area contributed by atoms with Gasteiger partial charge in [0.1, 0.15) is 5.75 Å². The van der Waals surface area contributed by atoms with E-state index in [1.165, 1.54) is 12.1 Å². The number of halogens is 1. The number of amides is 1. The summed E-state index contributed by atoms with van der Waals surface area (Å²) in [5.74, 6) is 0.585. The average Bonchev–Trinajstić information content (AvgIpc) is 2.66. The molecule has 1 amide bonds. The van der Waals surface area contributed by atoms with Crippen molar-refractivity contribution in [3.05, 3.63) is 64.7 Å². The number of hydrogen-bond donors (Lipinski definition) is 4. The zero-order chi connectivity index (χ0) is 19.6. The van der Waals surface area contributed by atoms with Gasteiger partial charge in [-0.2, -0.15) is 0 Å². The highest BCUT2D eigenvalue weighted by atomic mass is 35.5. The van der Waals surface area contributed by atoms with Crippen molar-refractivity contribution in [2.45, 2.75) is 19.9 Å². The third-order valence-electron chi connectivity index (χ3n) is 3.87. The SMILES string of the molecule is CCNC(=NCCNC(=O)c1ccc(O)cc1)NC(C)c1ccccc1Cl. The Bertz CT molecular complexity index is 778. The van der Waals surface area contributed by atoms with E-state index < -0.39 is 0 Å². The second-order valence-corrected chi connectivity index (χ2v) is 6.36. The second-order valence-electron chi connectivity index (χ2n) is 5.95. The van der Waals surface area contributed by atoms with Crippen molar-refractivity contribution in [2.24, 2.45) is 4.99 Å². The topological polar surface area (TPSA) is 85.8 Å². The number of hydrogen-bond acceptors (Lipinski definition) is 3. The molecule has 0 aliphatic rings. The highest BCUT2D eigenvalue weighted by molar-refractivity contribution is 6.31. The van der Waals surface area contributed by atoms with Gasteiger partial charge in [-0.25, -0.2) is 0 Å². The first-order valence-electron chi connectivity index (χ1n) is 8.87. The van der Waals surface area contributed by atoms with Gasteiger partial charge in [-0.05, 0) is 49.7 Å². The van der Waals surface area contributed by atoms with Gasteiger partial charge in [0.2, 0.25) is 0 Å². The summed E-state index contributed by atoms with van der Waals surface area (Å²) in [7, 11) is 0. The van der Waals surface area contributed by atoms with E-state index in [-0.39, 0.29) is 17.7 Å². The van der Waals surface area contributed by atoms with Crippen LogP contribution in [0.5, 0.6) is 5.75 Å². The smallest absolute Gasteiger partial charge is 0.251 e. The Morgan fingerprint density at radius 1 is 1.15 bits per heavy atom. The summed E-state index contributed by atoms with van der Waals surface area (Å²) in [4.78, 5) is 16.5. The molecule has 0 saturated heterocycles. The molecule has 0 aliphatic heterocycles. The van der Waals surface area contributed by atoms with Crippen LogP contribution in [-0.4, -0.2) is 36.6 Å². The van der Waals surface area contributed by atoms with Gasteiger partial charge in [-0.1, -0.05) is 29.8 Å². The summed E-state index contributed by atoms with van der Waals surface area (Å²) in [6.07, 6.45) is 0. The van der Waals surface area contributed by atoms with Gasteiger partial charge in [0.05, 0.1) is 12.6 Å². The average molecular weight is 389 g/mol. The second kappa shape index (κ2) is 10.4. The van der Waals surface area contributed by atoms with Crippen molar-refractivity contribution in [1.82, 2.24) is 16.0 Å². The lowest BCUT2D eigenvalue weighted by atomic mass is 10.1. The zero-order valence-electron chi connectivity index (χ0n) is 15.5. The number of phenolic OH excluding ortho intramolecular Hbond substituents is 1. The Labute approximate surface area is 164 Å². The van der Waals surface area contributed by atoms with Gasteiger partial charge < -0.3 is 21.1 Å². The maximum absolute atomic E-state index is 12.0. The van der Waals surface area contributed by atoms with Gasteiger partial charge in [0, 0.05) is 23.7 Å². The van der Waals surface area contributed by atoms with Gasteiger partial charge in [0.15, 0.2) is 5.96 Å². The van der Waals surface area contributed by atoms with E-state index in [4.69, 9.17) is 11.6 Å². The van der Waals surface area contributed by atoms with Crippen molar-refractivity contribution in [1.29, 1.82) is 0 Å². The molecule has 1 unspecified atom stereocenters. The first-order chi connectivity index (χ1) is 13.0. The minimum atomic E-state index is -0.201. The lowest BCUT2D eigenvalue weighted by Gasteiger charge is -2.19. The van der Waals surface area contributed by atoms with Crippen molar-refractivity contribution in [2.75, 3.05) is 19.6 Å². The fraction of sp³-hybridized carbons (Fsp3) is 0.300. The number of carbonyl (C=O) groups excluding carboxylic acids is 1. The quantitative estimate of drug-likeness (QED) is 0.333. The van der Waals surface area contributed by atoms with E-state index in [2.05, 4.69) is 20.9 Å². The summed E-state index contributed by atoms with van der Waals surface area (Å²) < 4.78 is 0. The number of carbonyl (C=O) groups is 1. The fourth-order valence-corrected chi connectivity index (χ4v) is 2.78. The monoisotopic (exact) mass is 388 g/mol. The van der Waals surface area contributed by atoms with Crippen molar-refractivity contribution >= 4 is 23.5 Å². The molecule has 2 aromatic carbocycles. The molecule has 4 N–H and O–H groups in total. The Morgan fingerprint density at radius 3 is 2.52 bits per heavy atom. The van der Waals surface area contributed by atoms with Crippen LogP contribution in [0, 0.1) is 0 Å². The van der Waals surface area contributed by atoms with Crippen LogP contribution in [0.1, 0.15) is 35.8 Å². The van der Waals surface area contributed by atoms with Crippen LogP contribution in [0.25, 0.3) is 0 Å². The first-order valence-corrected chi connectivity index (χ1v) is 9.25. The normalized spacial score (nSPS) is 12.3. The van der Waals surface area contributed by atoms with Crippen LogP contribution in [0.2, 0.25) is 5.02 Å². The van der Waals surface area contributed by atoms with Crippen LogP contribution in [0.3, 0.4) is 0 Å². The predicted molar refractivity (Wildman–Crippen MR) is 109 cm³/mol. The van der Waals surface area contributed by atoms with Gasteiger partial charge in [-0.15, -0.1) is 0 Å². The largest absolute Gasteiger partial charge is 0.508 e. The van der Waals surface area contributed by atoms with Gasteiger partial charge >= 0.3 is 0 Å². The third kappa shape index (κ3) is 6.49. The summed E-state index contributed by atoms with van der Waals surface area (Å²) in [6.45, 7) is 5.55. The van der Waals surface area contributed by atoms with Gasteiger partial charge in [-0.3, -0.25) is 9.79 Å². The Hall–Kier alpha value is -2.73. The van der Waals surface area contributed by atoms with Crippen LogP contribution in [0.15, 0.2) is 53.5 Å². The van der Waals surface area contributed by atoms with Crippen LogP contribution >= 0.6 is 11.6 Å². The molecule has 0 radical (unpaired) electrons. The molecular weight excluding hydrogens is 364 g/mol. The number of aliphatic imine (C=N–C) groups is 1. The molecule has 0 heterocycles. The van der Waals surface area contributed by atoms with Crippen LogP contribution in [-0.2, 0) is 0 Å². The molecule has 0 saturated carbocycles. The summed E-state index contributed by atoms with van der Waals surface area (Å²) in [5.41, 5.74) is 1.49. The molecule has 0 fully saturated rings. The number of nitrogens with one attached hydrogen (secondary N) is 3. The first kappa shape index (κ1) is 20.6. The van der Waals surface area contributed by atoms with E-state index in [0.717, 1.165) is 12.1 Å². The summed E-state index contributed by atoms with van der Waals surface area (Å²) in [6, 6.07) is 13.8. The molecule has 0 bridgehead atoms. The Balaban J connectivity index is 1.88. The number of guanidine groups is 1. The molecule has 6 nitrogen and oxygen atoms in total. The zero-order valence-corrected chi connectivity index (χ0v) is 16.3. The predicted octanol–water partition coefficient (Wildman–Crippen LogP) is 3.09. The number of phenols is 1. The number of nitrogens with zero attached hydrogens (tertiary/aromatic N) is 1. The molecule has 144 valence electrons. The standard InChI is InChI=1S/C20H25ClN4O2/c1-3-22-20(25-14(2)17-6-4-5-7-18(17)21)24-13-12-23-19(27)15-8-10-16(26)11-9-15/h4-11,14,26H,3,12-13H2,1-2H3,(H,23,27)(H2,22,24,25). The minimum Gasteiger partial charge on any atom is -0.508 e. The minimum absolute atomic E-state index is 0.0110. The fourth-order valence-electron chi connectivity index (χ4n) is 2.48. The number of aromatic hydroxyl groups is 1. The summed E-state index contributed by atoms with van der Waals surface area (Å²) in [5, 5.41) is 19.3. The lowest BCUT2D eigenvalue weighted by molar-refractivity contribution is 0.0955. The molecule has 0 aliphatic carbocycles. The maximum Gasteiger partial charge on any atom is 0.251 e. The Morgan fingerprint density at radius 2 is 1.85 bits per heavy atom. The van der Waals surface area contributed by atoms with E-state index in [0.29, 0.717) is 29.6 Å². The number of rotatable bonds is 7. The molecular formula is C20H25ClN4O2. The lowest BCUT2D eigenvalue weighted by Crippen LogP contribution is -2.39. The highest BCUT2D eigenvalue weighted by Crippen LogP contribution is 2.21. The molecule has 0 spiro atoms. The third-order valence-corrected chi connectivity index (χ3v) is 4.21. The maximum atomic E-state index is 12.0. The van der Waals surface area contributed by atoms with Crippen molar-refractivity contribution in [3.63, 3.8) is 0 Å². The van der Waals surface area contributed by atoms with Crippen LogP contribution < -0.4 is 16.0 Å². The molecule has 1 atom stereocenters. The molecule has 2 aromatic rings. The van der Waals surface area contributed by atoms with Crippen LogP contribution in [0.4, 0.5) is 0 Å². The van der Waals surface area contributed by atoms with E-state index >= 15 is 0 Å². The number of benzene rings is 2. The van der Waals surface area contributed by atoms with E-state index in [9.17, 15) is 9.90 Å². The van der Waals surface area contributed by atoms with Crippen molar-refractivity contribution < 1.29 is 9.90 Å². The molecule has 2 rings (SSSR count). The van der Waals surface area contributed by atoms with E-state index in [1.54, 1.807) is 12.1 Å². The molecule has 0 aromatic heterocycles.